The largest absolute Gasteiger partial charge is 0.474 e. The Labute approximate surface area is 63.5 Å². The molecule has 1 aliphatic rings. The minimum Gasteiger partial charge on any atom is -0.474 e. The summed E-state index contributed by atoms with van der Waals surface area (Å²) in [4.78, 5) is 20.7. The summed E-state index contributed by atoms with van der Waals surface area (Å²) in [6.07, 6.45) is 2.64. The van der Waals surface area contributed by atoms with Crippen molar-refractivity contribution in [2.45, 2.75) is 12.0 Å². The van der Waals surface area contributed by atoms with E-state index in [9.17, 15) is 9.59 Å². The van der Waals surface area contributed by atoms with Crippen molar-refractivity contribution in [2.75, 3.05) is 6.61 Å². The molecule has 0 bridgehead atoms. The van der Waals surface area contributed by atoms with Crippen LogP contribution in [0.25, 0.3) is 0 Å². The third kappa shape index (κ3) is 1.30. The highest BCUT2D eigenvalue weighted by Gasteiger charge is 2.35. The molecule has 0 spiro atoms. The lowest BCUT2D eigenvalue weighted by Crippen LogP contribution is -2.32. The van der Waals surface area contributed by atoms with Crippen LogP contribution in [-0.2, 0) is 14.3 Å². The van der Waals surface area contributed by atoms with E-state index in [0.717, 1.165) is 0 Å². The number of ether oxygens (including phenoxy) is 1. The van der Waals surface area contributed by atoms with E-state index in [4.69, 9.17) is 9.84 Å². The van der Waals surface area contributed by atoms with Crippen molar-refractivity contribution >= 4 is 12.6 Å². The average molecular weight is 156 g/mol. The maximum Gasteiger partial charge on any atom is 0.221 e. The number of aliphatic hydroxyl groups excluding tert-OH is 1. The summed E-state index contributed by atoms with van der Waals surface area (Å²) in [6.45, 7) is -0.274. The number of aldehydes is 2. The number of carbonyl (C=O) groups excluding carboxylic acids is 2. The zero-order chi connectivity index (χ0) is 8.32. The van der Waals surface area contributed by atoms with Gasteiger partial charge in [-0.25, -0.2) is 0 Å². The molecule has 0 aromatic heterocycles. The first-order chi connectivity index (χ1) is 5.26. The van der Waals surface area contributed by atoms with Crippen LogP contribution in [0.1, 0.15) is 6.42 Å². The number of rotatable bonds is 3. The summed E-state index contributed by atoms with van der Waals surface area (Å²) in [6, 6.07) is 0. The van der Waals surface area contributed by atoms with E-state index in [1.165, 1.54) is 6.08 Å². The molecule has 0 radical (unpaired) electrons. The van der Waals surface area contributed by atoms with Crippen molar-refractivity contribution in [2.24, 2.45) is 0 Å². The molecule has 11 heavy (non-hydrogen) atoms. The van der Waals surface area contributed by atoms with Crippen molar-refractivity contribution in [3.63, 3.8) is 0 Å². The highest BCUT2D eigenvalue weighted by atomic mass is 16.5. The third-order valence-corrected chi connectivity index (χ3v) is 1.52. The quantitative estimate of drug-likeness (QED) is 0.438. The first kappa shape index (κ1) is 7.94. The Bertz CT molecular complexity index is 198. The zero-order valence-corrected chi connectivity index (χ0v) is 5.82. The molecule has 4 heteroatoms. The zero-order valence-electron chi connectivity index (χ0n) is 5.82. The summed E-state index contributed by atoms with van der Waals surface area (Å²) in [7, 11) is 0. The van der Waals surface area contributed by atoms with Crippen molar-refractivity contribution in [3.05, 3.63) is 11.8 Å². The molecule has 0 aromatic rings. The average Bonchev–Trinajstić information content (AvgIpc) is 2.49. The molecule has 0 amide bonds. The summed E-state index contributed by atoms with van der Waals surface area (Å²) < 4.78 is 4.87. The second-order valence-electron chi connectivity index (χ2n) is 2.33. The van der Waals surface area contributed by atoms with Crippen molar-refractivity contribution in [3.8, 4) is 0 Å². The van der Waals surface area contributed by atoms with E-state index < -0.39 is 5.60 Å². The van der Waals surface area contributed by atoms with Crippen LogP contribution in [-0.4, -0.2) is 29.9 Å². The van der Waals surface area contributed by atoms with Gasteiger partial charge in [0.25, 0.3) is 0 Å². The smallest absolute Gasteiger partial charge is 0.221 e. The Morgan fingerprint density at radius 3 is 2.55 bits per heavy atom. The Balaban J connectivity index is 2.69. The lowest BCUT2D eigenvalue weighted by Gasteiger charge is -2.15. The molecule has 0 saturated heterocycles. The molecule has 1 heterocycles. The van der Waals surface area contributed by atoms with E-state index in [1.807, 2.05) is 0 Å². The van der Waals surface area contributed by atoms with Crippen LogP contribution in [0.2, 0.25) is 0 Å². The van der Waals surface area contributed by atoms with Crippen LogP contribution in [0, 0.1) is 0 Å². The van der Waals surface area contributed by atoms with Gasteiger partial charge in [-0.1, -0.05) is 0 Å². The molecule has 0 fully saturated rings. The van der Waals surface area contributed by atoms with Crippen molar-refractivity contribution in [1.29, 1.82) is 0 Å². The van der Waals surface area contributed by atoms with Crippen LogP contribution >= 0.6 is 0 Å². The van der Waals surface area contributed by atoms with Gasteiger partial charge in [0.15, 0.2) is 12.6 Å². The SMILES string of the molecule is O=CC1(C=O)CC=C(CO)O1. The Morgan fingerprint density at radius 2 is 2.27 bits per heavy atom. The van der Waals surface area contributed by atoms with Gasteiger partial charge in [0.2, 0.25) is 5.60 Å². The van der Waals surface area contributed by atoms with Gasteiger partial charge in [-0.15, -0.1) is 0 Å². The summed E-state index contributed by atoms with van der Waals surface area (Å²) >= 11 is 0. The highest BCUT2D eigenvalue weighted by Crippen LogP contribution is 2.23. The van der Waals surface area contributed by atoms with Gasteiger partial charge in [-0.05, 0) is 6.08 Å². The summed E-state index contributed by atoms with van der Waals surface area (Å²) in [5.41, 5.74) is -1.36. The second kappa shape index (κ2) is 2.84. The number of aliphatic hydroxyl groups is 1. The van der Waals surface area contributed by atoms with Crippen LogP contribution in [0.4, 0.5) is 0 Å². The molecule has 0 aromatic carbocycles. The molecule has 1 aliphatic heterocycles. The standard InChI is InChI=1S/C7H8O4/c8-3-6-1-2-7(4-9,5-10)11-6/h1,4-5,8H,2-3H2. The second-order valence-corrected chi connectivity index (χ2v) is 2.33. The Kier molecular flexibility index (Phi) is 2.05. The van der Waals surface area contributed by atoms with Gasteiger partial charge in [0.1, 0.15) is 12.4 Å². The fourth-order valence-corrected chi connectivity index (χ4v) is 0.870. The maximum absolute atomic E-state index is 10.4. The van der Waals surface area contributed by atoms with Gasteiger partial charge < -0.3 is 9.84 Å². The molecule has 0 unspecified atom stereocenters. The summed E-state index contributed by atoms with van der Waals surface area (Å²) in [5.74, 6) is 0.282. The molecular weight excluding hydrogens is 148 g/mol. The fourth-order valence-electron chi connectivity index (χ4n) is 0.870. The number of hydrogen-bond acceptors (Lipinski definition) is 4. The normalized spacial score (nSPS) is 20.3. The fraction of sp³-hybridized carbons (Fsp3) is 0.429. The molecule has 4 nitrogen and oxygen atoms in total. The molecule has 0 aliphatic carbocycles. The Hall–Kier alpha value is -1.16. The third-order valence-electron chi connectivity index (χ3n) is 1.52. The van der Waals surface area contributed by atoms with Crippen molar-refractivity contribution in [1.82, 2.24) is 0 Å². The molecule has 0 saturated carbocycles. The van der Waals surface area contributed by atoms with Gasteiger partial charge in [0, 0.05) is 6.42 Å². The molecule has 60 valence electrons. The molecule has 1 rings (SSSR count). The molecule has 1 N–H and O–H groups in total. The summed E-state index contributed by atoms with van der Waals surface area (Å²) in [5, 5.41) is 8.56. The van der Waals surface area contributed by atoms with Gasteiger partial charge >= 0.3 is 0 Å². The van der Waals surface area contributed by atoms with Gasteiger partial charge in [-0.3, -0.25) is 9.59 Å². The predicted molar refractivity (Wildman–Crippen MR) is 35.7 cm³/mol. The maximum atomic E-state index is 10.4. The topological polar surface area (TPSA) is 63.6 Å². The monoisotopic (exact) mass is 156 g/mol. The van der Waals surface area contributed by atoms with Crippen LogP contribution < -0.4 is 0 Å². The highest BCUT2D eigenvalue weighted by molar-refractivity contribution is 5.88. The van der Waals surface area contributed by atoms with Crippen LogP contribution in [0.3, 0.4) is 0 Å². The van der Waals surface area contributed by atoms with E-state index in [2.05, 4.69) is 0 Å². The lowest BCUT2D eigenvalue weighted by atomic mass is 10.1. The van der Waals surface area contributed by atoms with Gasteiger partial charge in [0.05, 0.1) is 0 Å². The van der Waals surface area contributed by atoms with Crippen LogP contribution in [0.15, 0.2) is 11.8 Å². The van der Waals surface area contributed by atoms with Gasteiger partial charge in [-0.2, -0.15) is 0 Å². The van der Waals surface area contributed by atoms with Crippen molar-refractivity contribution < 1.29 is 19.4 Å². The van der Waals surface area contributed by atoms with E-state index >= 15 is 0 Å². The Morgan fingerprint density at radius 1 is 1.64 bits per heavy atom. The number of carbonyl (C=O) groups is 2. The minimum atomic E-state index is -1.36. The predicted octanol–water partition coefficient (Wildman–Crippen LogP) is -0.581. The van der Waals surface area contributed by atoms with E-state index in [1.54, 1.807) is 0 Å². The first-order valence-electron chi connectivity index (χ1n) is 3.18. The van der Waals surface area contributed by atoms with Crippen LogP contribution in [0.5, 0.6) is 0 Å². The molecule has 0 atom stereocenters. The molecular formula is C7H8O4. The first-order valence-corrected chi connectivity index (χ1v) is 3.18. The minimum absolute atomic E-state index is 0.218. The number of hydrogen-bond donors (Lipinski definition) is 1. The van der Waals surface area contributed by atoms with E-state index in [0.29, 0.717) is 12.6 Å². The lowest BCUT2D eigenvalue weighted by molar-refractivity contribution is -0.135. The van der Waals surface area contributed by atoms with E-state index in [-0.39, 0.29) is 18.8 Å².